The van der Waals surface area contributed by atoms with E-state index < -0.39 is 0 Å². The maximum atomic E-state index is 12.5. The SMILES string of the molecule is COc1ccc(CN(C)C(=O)Cc2ccc3ccccc3c2)cc1. The van der Waals surface area contributed by atoms with Crippen LogP contribution in [0.2, 0.25) is 0 Å². The van der Waals surface area contributed by atoms with Crippen molar-refractivity contribution < 1.29 is 9.53 Å². The van der Waals surface area contributed by atoms with Gasteiger partial charge in [0, 0.05) is 13.6 Å². The van der Waals surface area contributed by atoms with Crippen molar-refractivity contribution in [3.05, 3.63) is 77.9 Å². The molecule has 122 valence electrons. The normalized spacial score (nSPS) is 10.6. The molecule has 3 rings (SSSR count). The Morgan fingerprint density at radius 2 is 1.58 bits per heavy atom. The summed E-state index contributed by atoms with van der Waals surface area (Å²) >= 11 is 0. The fraction of sp³-hybridized carbons (Fsp3) is 0.190. The lowest BCUT2D eigenvalue weighted by atomic mass is 10.0. The largest absolute Gasteiger partial charge is 0.497 e. The Balaban J connectivity index is 1.66. The van der Waals surface area contributed by atoms with Gasteiger partial charge in [0.25, 0.3) is 0 Å². The van der Waals surface area contributed by atoms with E-state index in [1.165, 1.54) is 10.8 Å². The summed E-state index contributed by atoms with van der Waals surface area (Å²) in [6.45, 7) is 0.594. The van der Waals surface area contributed by atoms with E-state index in [0.717, 1.165) is 16.9 Å². The Labute approximate surface area is 142 Å². The lowest BCUT2D eigenvalue weighted by molar-refractivity contribution is -0.129. The predicted molar refractivity (Wildman–Crippen MR) is 97.1 cm³/mol. The molecule has 24 heavy (non-hydrogen) atoms. The maximum Gasteiger partial charge on any atom is 0.227 e. The monoisotopic (exact) mass is 319 g/mol. The molecule has 0 aliphatic heterocycles. The molecule has 0 unspecified atom stereocenters. The fourth-order valence-corrected chi connectivity index (χ4v) is 2.75. The highest BCUT2D eigenvalue weighted by Gasteiger charge is 2.10. The lowest BCUT2D eigenvalue weighted by Gasteiger charge is -2.17. The lowest BCUT2D eigenvalue weighted by Crippen LogP contribution is -2.27. The average Bonchev–Trinajstić information content (AvgIpc) is 2.62. The van der Waals surface area contributed by atoms with E-state index in [9.17, 15) is 4.79 Å². The third kappa shape index (κ3) is 3.74. The zero-order valence-corrected chi connectivity index (χ0v) is 14.0. The second kappa shape index (κ2) is 7.18. The average molecular weight is 319 g/mol. The second-order valence-electron chi connectivity index (χ2n) is 5.96. The van der Waals surface area contributed by atoms with Gasteiger partial charge in [0.15, 0.2) is 0 Å². The minimum Gasteiger partial charge on any atom is -0.497 e. The summed E-state index contributed by atoms with van der Waals surface area (Å²) in [5.74, 6) is 0.935. The predicted octanol–water partition coefficient (Wildman–Crippen LogP) is 4.05. The number of amides is 1. The summed E-state index contributed by atoms with van der Waals surface area (Å²) in [4.78, 5) is 14.2. The van der Waals surface area contributed by atoms with Crippen molar-refractivity contribution >= 4 is 16.7 Å². The standard InChI is InChI=1S/C21H21NO2/c1-22(15-16-8-11-20(24-2)12-9-16)21(23)14-17-7-10-18-5-3-4-6-19(18)13-17/h3-13H,14-15H2,1-2H3. The van der Waals surface area contributed by atoms with Gasteiger partial charge in [0.2, 0.25) is 5.91 Å². The van der Waals surface area contributed by atoms with Crippen LogP contribution in [0.15, 0.2) is 66.7 Å². The zero-order valence-electron chi connectivity index (χ0n) is 14.0. The smallest absolute Gasteiger partial charge is 0.227 e. The van der Waals surface area contributed by atoms with Gasteiger partial charge in [-0.2, -0.15) is 0 Å². The summed E-state index contributed by atoms with van der Waals surface area (Å²) < 4.78 is 5.16. The van der Waals surface area contributed by atoms with Crippen LogP contribution in [0.5, 0.6) is 5.75 Å². The zero-order chi connectivity index (χ0) is 16.9. The van der Waals surface area contributed by atoms with Crippen molar-refractivity contribution in [2.24, 2.45) is 0 Å². The van der Waals surface area contributed by atoms with Crippen molar-refractivity contribution in [3.8, 4) is 5.75 Å². The molecule has 1 amide bonds. The molecule has 3 nitrogen and oxygen atoms in total. The van der Waals surface area contributed by atoms with Gasteiger partial charge in [0.1, 0.15) is 5.75 Å². The molecule has 0 atom stereocenters. The van der Waals surface area contributed by atoms with Gasteiger partial charge in [-0.15, -0.1) is 0 Å². The molecule has 0 aliphatic carbocycles. The van der Waals surface area contributed by atoms with Crippen molar-refractivity contribution in [1.82, 2.24) is 4.90 Å². The van der Waals surface area contributed by atoms with Crippen molar-refractivity contribution in [1.29, 1.82) is 0 Å². The molecule has 0 heterocycles. The first-order valence-corrected chi connectivity index (χ1v) is 8.00. The molecule has 0 aliphatic rings. The molecule has 0 bridgehead atoms. The van der Waals surface area contributed by atoms with Gasteiger partial charge in [-0.05, 0) is 34.0 Å². The van der Waals surface area contributed by atoms with E-state index in [1.807, 2.05) is 49.5 Å². The highest BCUT2D eigenvalue weighted by Crippen LogP contribution is 2.17. The van der Waals surface area contributed by atoms with E-state index in [4.69, 9.17) is 4.74 Å². The van der Waals surface area contributed by atoms with Crippen molar-refractivity contribution in [2.75, 3.05) is 14.2 Å². The second-order valence-corrected chi connectivity index (χ2v) is 5.96. The molecule has 3 aromatic carbocycles. The van der Waals surface area contributed by atoms with E-state index in [-0.39, 0.29) is 5.91 Å². The van der Waals surface area contributed by atoms with Crippen molar-refractivity contribution in [3.63, 3.8) is 0 Å². The Hall–Kier alpha value is -2.81. The highest BCUT2D eigenvalue weighted by molar-refractivity contribution is 5.85. The van der Waals surface area contributed by atoms with Gasteiger partial charge in [-0.25, -0.2) is 0 Å². The van der Waals surface area contributed by atoms with Crippen LogP contribution >= 0.6 is 0 Å². The third-order valence-corrected chi connectivity index (χ3v) is 4.17. The van der Waals surface area contributed by atoms with E-state index in [2.05, 4.69) is 24.3 Å². The Bertz CT molecular complexity index is 840. The van der Waals surface area contributed by atoms with Gasteiger partial charge < -0.3 is 9.64 Å². The van der Waals surface area contributed by atoms with E-state index >= 15 is 0 Å². The van der Waals surface area contributed by atoms with Crippen LogP contribution in [0.3, 0.4) is 0 Å². The van der Waals surface area contributed by atoms with Crippen LogP contribution in [0.1, 0.15) is 11.1 Å². The van der Waals surface area contributed by atoms with Crippen LogP contribution in [0, 0.1) is 0 Å². The Morgan fingerprint density at radius 1 is 0.917 bits per heavy atom. The molecule has 0 saturated carbocycles. The summed E-state index contributed by atoms with van der Waals surface area (Å²) in [5, 5.41) is 2.36. The number of ether oxygens (including phenoxy) is 1. The summed E-state index contributed by atoms with van der Waals surface area (Å²) in [6, 6.07) is 22.2. The minimum absolute atomic E-state index is 0.112. The summed E-state index contributed by atoms with van der Waals surface area (Å²) in [6.07, 6.45) is 0.414. The highest BCUT2D eigenvalue weighted by atomic mass is 16.5. The molecule has 0 spiro atoms. The Morgan fingerprint density at radius 3 is 2.29 bits per heavy atom. The number of benzene rings is 3. The number of hydrogen-bond acceptors (Lipinski definition) is 2. The first kappa shape index (κ1) is 16.1. The first-order chi connectivity index (χ1) is 11.7. The molecule has 3 heteroatoms. The molecular weight excluding hydrogens is 298 g/mol. The number of fused-ring (bicyclic) bond motifs is 1. The molecule has 0 aromatic heterocycles. The summed E-state index contributed by atoms with van der Waals surface area (Å²) in [7, 11) is 3.49. The Kier molecular flexibility index (Phi) is 4.80. The summed E-state index contributed by atoms with van der Waals surface area (Å²) in [5.41, 5.74) is 2.13. The number of nitrogens with zero attached hydrogens (tertiary/aromatic N) is 1. The van der Waals surface area contributed by atoms with Crippen LogP contribution in [-0.4, -0.2) is 25.0 Å². The number of hydrogen-bond donors (Lipinski definition) is 0. The van der Waals surface area contributed by atoms with Crippen molar-refractivity contribution in [2.45, 2.75) is 13.0 Å². The number of methoxy groups -OCH3 is 1. The van der Waals surface area contributed by atoms with Gasteiger partial charge in [-0.3, -0.25) is 4.79 Å². The quantitative estimate of drug-likeness (QED) is 0.710. The van der Waals surface area contributed by atoms with Crippen LogP contribution in [0.25, 0.3) is 10.8 Å². The van der Waals surface area contributed by atoms with E-state index in [1.54, 1.807) is 12.0 Å². The number of carbonyl (C=O) groups excluding carboxylic acids is 1. The molecule has 0 radical (unpaired) electrons. The molecule has 3 aromatic rings. The van der Waals surface area contributed by atoms with Crippen LogP contribution in [0.4, 0.5) is 0 Å². The van der Waals surface area contributed by atoms with E-state index in [0.29, 0.717) is 13.0 Å². The fourth-order valence-electron chi connectivity index (χ4n) is 2.75. The maximum absolute atomic E-state index is 12.5. The van der Waals surface area contributed by atoms with Gasteiger partial charge >= 0.3 is 0 Å². The molecule has 0 N–H and O–H groups in total. The van der Waals surface area contributed by atoms with Gasteiger partial charge in [-0.1, -0.05) is 54.6 Å². The molecule has 0 saturated heterocycles. The number of rotatable bonds is 5. The van der Waals surface area contributed by atoms with Crippen LogP contribution in [-0.2, 0) is 17.8 Å². The number of carbonyl (C=O) groups is 1. The molecule has 0 fully saturated rings. The third-order valence-electron chi connectivity index (χ3n) is 4.17. The number of likely N-dealkylation sites (N-methyl/N-ethyl adjacent to an activating group) is 1. The first-order valence-electron chi connectivity index (χ1n) is 8.00. The van der Waals surface area contributed by atoms with Crippen LogP contribution < -0.4 is 4.74 Å². The van der Waals surface area contributed by atoms with Gasteiger partial charge in [0.05, 0.1) is 13.5 Å². The topological polar surface area (TPSA) is 29.5 Å². The molecular formula is C21H21NO2. The minimum atomic E-state index is 0.112.